The number of ether oxygens (including phenoxy) is 2. The molecule has 1 atom stereocenters. The maximum Gasteiger partial charge on any atom is 0.407 e. The van der Waals surface area contributed by atoms with Gasteiger partial charge in [0, 0.05) is 30.0 Å². The third-order valence-electron chi connectivity index (χ3n) is 9.32. The summed E-state index contributed by atoms with van der Waals surface area (Å²) in [5.74, 6) is 2.17. The first-order chi connectivity index (χ1) is 24.2. The van der Waals surface area contributed by atoms with Crippen LogP contribution in [-0.4, -0.2) is 73.9 Å². The maximum atomic E-state index is 12.9. The Labute approximate surface area is 291 Å². The van der Waals surface area contributed by atoms with E-state index in [4.69, 9.17) is 9.72 Å². The van der Waals surface area contributed by atoms with Gasteiger partial charge in [-0.05, 0) is 72.5 Å². The number of H-pyrrole nitrogens is 2. The second kappa shape index (κ2) is 15.0. The molecule has 0 spiro atoms. The van der Waals surface area contributed by atoms with Crippen LogP contribution in [0.5, 0.6) is 5.75 Å². The van der Waals surface area contributed by atoms with Gasteiger partial charge in [0.05, 0.1) is 43.1 Å². The molecule has 0 aliphatic carbocycles. The average Bonchev–Trinajstić information content (AvgIpc) is 3.78. The summed E-state index contributed by atoms with van der Waals surface area (Å²) in [4.78, 5) is 57.0. The Bertz CT molecular complexity index is 2030. The van der Waals surface area contributed by atoms with E-state index in [1.165, 1.54) is 7.11 Å². The molecule has 1 aliphatic rings. The lowest BCUT2D eigenvalue weighted by Gasteiger charge is -2.27. The fourth-order valence-electron chi connectivity index (χ4n) is 6.47. The second-order valence-corrected chi connectivity index (χ2v) is 12.8. The molecule has 3 heterocycles. The molecule has 0 bridgehead atoms. The minimum Gasteiger partial charge on any atom is -0.488 e. The third kappa shape index (κ3) is 7.15. The van der Waals surface area contributed by atoms with E-state index in [9.17, 15) is 14.4 Å². The third-order valence-corrected chi connectivity index (χ3v) is 9.32. The number of carbonyl (C=O) groups excluding carboxylic acids is 3. The van der Waals surface area contributed by atoms with Crippen molar-refractivity contribution < 1.29 is 23.9 Å². The highest BCUT2D eigenvalue weighted by atomic mass is 16.5. The molecule has 1 aliphatic heterocycles. The van der Waals surface area contributed by atoms with Crippen molar-refractivity contribution in [2.75, 3.05) is 20.2 Å². The Balaban J connectivity index is 1.23. The number of aromatic nitrogens is 4. The van der Waals surface area contributed by atoms with Gasteiger partial charge >= 0.3 is 6.09 Å². The number of alkyl carbamates (subject to hydrolysis) is 1. The molecule has 50 heavy (non-hydrogen) atoms. The minimum atomic E-state index is -0.646. The van der Waals surface area contributed by atoms with Crippen molar-refractivity contribution in [3.05, 3.63) is 65.9 Å². The van der Waals surface area contributed by atoms with Crippen molar-refractivity contribution in [3.63, 3.8) is 0 Å². The van der Waals surface area contributed by atoms with E-state index in [1.54, 1.807) is 11.1 Å². The summed E-state index contributed by atoms with van der Waals surface area (Å²) in [6.45, 7) is 9.75. The first kappa shape index (κ1) is 34.5. The van der Waals surface area contributed by atoms with E-state index in [2.05, 4.69) is 81.3 Å². The molecular formula is C38H45N7O5. The van der Waals surface area contributed by atoms with Crippen LogP contribution in [0.25, 0.3) is 44.2 Å². The minimum absolute atomic E-state index is 0.130. The lowest BCUT2D eigenvalue weighted by Crippen LogP contribution is -2.40. The summed E-state index contributed by atoms with van der Waals surface area (Å²) in [7, 11) is 1.26. The van der Waals surface area contributed by atoms with Crippen LogP contribution in [0.2, 0.25) is 0 Å². The highest BCUT2D eigenvalue weighted by Crippen LogP contribution is 2.42. The van der Waals surface area contributed by atoms with Gasteiger partial charge in [-0.3, -0.25) is 9.59 Å². The Hall–Kier alpha value is -5.39. The zero-order valence-corrected chi connectivity index (χ0v) is 29.4. The smallest absolute Gasteiger partial charge is 0.407 e. The fourth-order valence-corrected chi connectivity index (χ4v) is 6.47. The van der Waals surface area contributed by atoms with E-state index in [1.807, 2.05) is 18.7 Å². The summed E-state index contributed by atoms with van der Waals surface area (Å²) in [6, 6.07) is 14.8. The van der Waals surface area contributed by atoms with E-state index in [0.29, 0.717) is 38.5 Å². The molecule has 2 aromatic heterocycles. The molecule has 0 radical (unpaired) electrons. The van der Waals surface area contributed by atoms with Crippen molar-refractivity contribution in [2.45, 2.75) is 79.1 Å². The molecule has 12 nitrogen and oxygen atoms in total. The largest absolute Gasteiger partial charge is 0.488 e. The number of methoxy groups -OCH3 is 1. The molecule has 3 amide bonds. The Morgan fingerprint density at radius 3 is 2.58 bits per heavy atom. The first-order valence-electron chi connectivity index (χ1n) is 17.4. The monoisotopic (exact) mass is 679 g/mol. The van der Waals surface area contributed by atoms with Gasteiger partial charge in [-0.1, -0.05) is 39.0 Å². The van der Waals surface area contributed by atoms with Crippen molar-refractivity contribution in [2.24, 2.45) is 0 Å². The average molecular weight is 680 g/mol. The number of benzene rings is 3. The molecule has 5 aromatic rings. The van der Waals surface area contributed by atoms with Crippen LogP contribution in [0.15, 0.2) is 48.7 Å². The summed E-state index contributed by atoms with van der Waals surface area (Å²) in [5.41, 5.74) is 6.79. The zero-order chi connectivity index (χ0) is 35.4. The number of nitrogens with zero attached hydrogens (tertiary/aromatic N) is 4. The first-order valence-corrected chi connectivity index (χ1v) is 17.4. The number of hydrogen-bond donors (Lipinski definition) is 3. The molecular weight excluding hydrogens is 634 g/mol. The molecule has 0 fully saturated rings. The van der Waals surface area contributed by atoms with E-state index in [0.717, 1.165) is 80.6 Å². The summed E-state index contributed by atoms with van der Waals surface area (Å²) < 4.78 is 10.9. The van der Waals surface area contributed by atoms with Crippen LogP contribution in [0.4, 0.5) is 4.79 Å². The number of fused-ring (bicyclic) bond motifs is 6. The summed E-state index contributed by atoms with van der Waals surface area (Å²) in [5, 5.41) is 4.51. The Morgan fingerprint density at radius 2 is 1.82 bits per heavy atom. The molecule has 12 heteroatoms. The van der Waals surface area contributed by atoms with Gasteiger partial charge in [-0.15, -0.1) is 0 Å². The van der Waals surface area contributed by atoms with Crippen molar-refractivity contribution in [1.82, 2.24) is 35.1 Å². The van der Waals surface area contributed by atoms with Crippen LogP contribution >= 0.6 is 0 Å². The quantitative estimate of drug-likeness (QED) is 0.126. The number of amides is 3. The van der Waals surface area contributed by atoms with E-state index in [-0.39, 0.29) is 24.4 Å². The lowest BCUT2D eigenvalue weighted by atomic mass is 9.92. The SMILES string of the molecule is CCCC(=O)N(Cc1nc2c(ccc3cc4c(cc32)OCc2cc(-c3cnc(CN(CCC)C(=O)CNC(=O)OC)[nH]3)ccc2-4)[nH]1)[C@@H](C)CC. The van der Waals surface area contributed by atoms with Gasteiger partial charge < -0.3 is 34.6 Å². The van der Waals surface area contributed by atoms with Crippen molar-refractivity contribution in [3.8, 4) is 28.1 Å². The lowest BCUT2D eigenvalue weighted by molar-refractivity contribution is -0.134. The number of hydrogen-bond acceptors (Lipinski definition) is 7. The summed E-state index contributed by atoms with van der Waals surface area (Å²) in [6.07, 6.45) is 4.12. The zero-order valence-electron chi connectivity index (χ0n) is 29.4. The van der Waals surface area contributed by atoms with Crippen LogP contribution < -0.4 is 10.1 Å². The van der Waals surface area contributed by atoms with Crippen LogP contribution in [0.3, 0.4) is 0 Å². The number of aromatic amines is 2. The Morgan fingerprint density at radius 1 is 0.980 bits per heavy atom. The fraction of sp³-hybridized carbons (Fsp3) is 0.395. The predicted molar refractivity (Wildman–Crippen MR) is 192 cm³/mol. The van der Waals surface area contributed by atoms with Gasteiger partial charge in [-0.25, -0.2) is 14.8 Å². The predicted octanol–water partition coefficient (Wildman–Crippen LogP) is 6.69. The number of carbonyl (C=O) groups is 3. The van der Waals surface area contributed by atoms with Gasteiger partial charge in [0.1, 0.15) is 30.5 Å². The van der Waals surface area contributed by atoms with Gasteiger partial charge in [0.15, 0.2) is 0 Å². The van der Waals surface area contributed by atoms with Crippen molar-refractivity contribution >= 4 is 39.7 Å². The van der Waals surface area contributed by atoms with Crippen LogP contribution in [0.1, 0.15) is 70.6 Å². The number of imidazole rings is 2. The maximum absolute atomic E-state index is 12.9. The molecule has 6 rings (SSSR count). The van der Waals surface area contributed by atoms with E-state index < -0.39 is 6.09 Å². The second-order valence-electron chi connectivity index (χ2n) is 12.8. The molecule has 0 saturated carbocycles. The molecule has 0 saturated heterocycles. The molecule has 262 valence electrons. The normalized spacial score (nSPS) is 12.6. The van der Waals surface area contributed by atoms with E-state index >= 15 is 0 Å². The van der Waals surface area contributed by atoms with Crippen LogP contribution in [0, 0.1) is 0 Å². The summed E-state index contributed by atoms with van der Waals surface area (Å²) >= 11 is 0. The number of nitrogens with one attached hydrogen (secondary N) is 3. The van der Waals surface area contributed by atoms with Gasteiger partial charge in [0.2, 0.25) is 11.8 Å². The number of rotatable bonds is 13. The van der Waals surface area contributed by atoms with Gasteiger partial charge in [-0.2, -0.15) is 0 Å². The van der Waals surface area contributed by atoms with Crippen LogP contribution in [-0.2, 0) is 34.0 Å². The highest BCUT2D eigenvalue weighted by molar-refractivity contribution is 6.07. The Kier molecular flexibility index (Phi) is 10.4. The van der Waals surface area contributed by atoms with Crippen molar-refractivity contribution in [1.29, 1.82) is 0 Å². The van der Waals surface area contributed by atoms with Gasteiger partial charge in [0.25, 0.3) is 0 Å². The topological polar surface area (TPSA) is 146 Å². The molecule has 0 unspecified atom stereocenters. The highest BCUT2D eigenvalue weighted by Gasteiger charge is 2.23. The molecule has 3 N–H and O–H groups in total. The standard InChI is InChI=1S/C38H45N7O5/c1-6-9-35(46)45(23(4)8-3)21-34-41-30-13-11-24-16-29-27-12-10-25(15-26(27)22-50-32(29)17-28(24)37(30)43-34)31-18-39-33(42-31)20-44(14-7-2)36(47)19-40-38(48)49-5/h10-13,15-18,23H,6-9,14,19-22H2,1-5H3,(H,39,42)(H,40,48)(H,41,43)/t23-/m0/s1. The molecule has 3 aromatic carbocycles.